The summed E-state index contributed by atoms with van der Waals surface area (Å²) in [5.74, 6) is -0.777. The van der Waals surface area contributed by atoms with Crippen molar-refractivity contribution in [3.8, 4) is 0 Å². The van der Waals surface area contributed by atoms with Gasteiger partial charge in [-0.15, -0.1) is 0 Å². The van der Waals surface area contributed by atoms with Crippen LogP contribution in [0.15, 0.2) is 79.0 Å². The Morgan fingerprint density at radius 3 is 2.23 bits per heavy atom. The highest BCUT2D eigenvalue weighted by molar-refractivity contribution is 5.96. The molecule has 4 aromatic rings. The van der Waals surface area contributed by atoms with Crippen LogP contribution in [0, 0.1) is 5.82 Å². The van der Waals surface area contributed by atoms with Gasteiger partial charge in [0.1, 0.15) is 12.4 Å². The van der Waals surface area contributed by atoms with Gasteiger partial charge in [0, 0.05) is 42.3 Å². The average Bonchev–Trinajstić information content (AvgIpc) is 3.33. The number of H-pyrrole nitrogens is 1. The molecule has 0 aliphatic rings. The molecule has 0 bridgehead atoms. The standard InChI is InChI=1S/C33H38FN3O2/c1-5-19-37(32(39)25-12-16-28(34)17-13-25)23-31(38)36(22-24-10-14-27(15-11-24)33(2,3)4)20-18-26-21-35-30-9-7-6-8-29(26)30/h6-17,21,35H,5,18-20,22-23H2,1-4H3. The largest absolute Gasteiger partial charge is 0.361 e. The molecule has 5 nitrogen and oxygen atoms in total. The lowest BCUT2D eigenvalue weighted by Gasteiger charge is -2.28. The predicted octanol–water partition coefficient (Wildman–Crippen LogP) is 6.73. The second-order valence-corrected chi connectivity index (χ2v) is 11.1. The van der Waals surface area contributed by atoms with Crippen LogP contribution in [0.4, 0.5) is 4.39 Å². The smallest absolute Gasteiger partial charge is 0.254 e. The van der Waals surface area contributed by atoms with Gasteiger partial charge in [0.05, 0.1) is 0 Å². The molecular weight excluding hydrogens is 489 g/mol. The first-order valence-electron chi connectivity index (χ1n) is 13.6. The highest BCUT2D eigenvalue weighted by atomic mass is 19.1. The highest BCUT2D eigenvalue weighted by Crippen LogP contribution is 2.23. The van der Waals surface area contributed by atoms with Crippen molar-refractivity contribution in [2.24, 2.45) is 0 Å². The van der Waals surface area contributed by atoms with E-state index in [-0.39, 0.29) is 23.8 Å². The first-order chi connectivity index (χ1) is 18.7. The molecule has 0 fully saturated rings. The van der Waals surface area contributed by atoms with Gasteiger partial charge in [-0.25, -0.2) is 4.39 Å². The Morgan fingerprint density at radius 2 is 1.56 bits per heavy atom. The number of fused-ring (bicyclic) bond motifs is 1. The summed E-state index contributed by atoms with van der Waals surface area (Å²) in [6, 6.07) is 22.0. The Labute approximate surface area is 230 Å². The van der Waals surface area contributed by atoms with Crippen LogP contribution < -0.4 is 0 Å². The number of hydrogen-bond donors (Lipinski definition) is 1. The Morgan fingerprint density at radius 1 is 0.872 bits per heavy atom. The lowest BCUT2D eigenvalue weighted by molar-refractivity contribution is -0.132. The molecule has 1 N–H and O–H groups in total. The quantitative estimate of drug-likeness (QED) is 0.249. The maximum absolute atomic E-state index is 13.7. The normalized spacial score (nSPS) is 11.5. The van der Waals surface area contributed by atoms with E-state index < -0.39 is 5.82 Å². The fourth-order valence-corrected chi connectivity index (χ4v) is 4.78. The van der Waals surface area contributed by atoms with Crippen LogP contribution in [0.5, 0.6) is 0 Å². The number of rotatable bonds is 10. The van der Waals surface area contributed by atoms with Crippen LogP contribution in [0.3, 0.4) is 0 Å². The molecule has 0 radical (unpaired) electrons. The molecule has 0 saturated heterocycles. The number of halogens is 1. The van der Waals surface area contributed by atoms with Crippen molar-refractivity contribution in [1.29, 1.82) is 0 Å². The molecule has 0 spiro atoms. The van der Waals surface area contributed by atoms with Crippen molar-refractivity contribution in [1.82, 2.24) is 14.8 Å². The predicted molar refractivity (Wildman–Crippen MR) is 155 cm³/mol. The van der Waals surface area contributed by atoms with Crippen molar-refractivity contribution in [2.45, 2.75) is 52.5 Å². The maximum atomic E-state index is 13.7. The Balaban J connectivity index is 1.55. The van der Waals surface area contributed by atoms with Gasteiger partial charge in [0.15, 0.2) is 0 Å². The fourth-order valence-electron chi connectivity index (χ4n) is 4.78. The average molecular weight is 528 g/mol. The van der Waals surface area contributed by atoms with Gasteiger partial charge in [0.2, 0.25) is 5.91 Å². The van der Waals surface area contributed by atoms with Gasteiger partial charge in [-0.2, -0.15) is 0 Å². The Hall–Kier alpha value is -3.93. The third-order valence-electron chi connectivity index (χ3n) is 7.07. The van der Waals surface area contributed by atoms with E-state index >= 15 is 0 Å². The molecule has 1 heterocycles. The molecule has 0 aliphatic carbocycles. The third kappa shape index (κ3) is 7.14. The maximum Gasteiger partial charge on any atom is 0.254 e. The SMILES string of the molecule is CCCN(CC(=O)N(CCc1c[nH]c2ccccc12)Cc1ccc(C(C)(C)C)cc1)C(=O)c1ccc(F)cc1. The zero-order valence-electron chi connectivity index (χ0n) is 23.3. The summed E-state index contributed by atoms with van der Waals surface area (Å²) in [5.41, 5.74) is 4.93. The number of carbonyl (C=O) groups is 2. The van der Waals surface area contributed by atoms with E-state index in [0.29, 0.717) is 38.0 Å². The minimum atomic E-state index is -0.398. The lowest BCUT2D eigenvalue weighted by Crippen LogP contribution is -2.43. The van der Waals surface area contributed by atoms with Crippen LogP contribution in [0.25, 0.3) is 10.9 Å². The molecular formula is C33H38FN3O2. The van der Waals surface area contributed by atoms with Gasteiger partial charge in [0.25, 0.3) is 5.91 Å². The van der Waals surface area contributed by atoms with Gasteiger partial charge in [-0.3, -0.25) is 9.59 Å². The molecule has 204 valence electrons. The molecule has 0 aliphatic heterocycles. The number of benzene rings is 3. The second-order valence-electron chi connectivity index (χ2n) is 11.1. The van der Waals surface area contributed by atoms with Crippen LogP contribution in [-0.4, -0.2) is 46.2 Å². The summed E-state index contributed by atoms with van der Waals surface area (Å²) in [7, 11) is 0. The van der Waals surface area contributed by atoms with Crippen LogP contribution in [0.2, 0.25) is 0 Å². The van der Waals surface area contributed by atoms with Crippen LogP contribution in [-0.2, 0) is 23.2 Å². The molecule has 0 atom stereocenters. The van der Waals surface area contributed by atoms with Gasteiger partial charge in [-0.05, 0) is 65.3 Å². The number of nitrogens with zero attached hydrogens (tertiary/aromatic N) is 2. The van der Waals surface area contributed by atoms with Crippen molar-refractivity contribution in [2.75, 3.05) is 19.6 Å². The monoisotopic (exact) mass is 527 g/mol. The molecule has 0 saturated carbocycles. The topological polar surface area (TPSA) is 56.4 Å². The van der Waals surface area contributed by atoms with Crippen molar-refractivity contribution < 1.29 is 14.0 Å². The number of nitrogens with one attached hydrogen (secondary N) is 1. The van der Waals surface area contributed by atoms with E-state index in [1.165, 1.54) is 29.8 Å². The second kappa shape index (κ2) is 12.3. The Bertz CT molecular complexity index is 1400. The minimum Gasteiger partial charge on any atom is -0.361 e. The number of hydrogen-bond acceptors (Lipinski definition) is 2. The molecule has 4 rings (SSSR count). The molecule has 0 unspecified atom stereocenters. The number of amides is 2. The number of carbonyl (C=O) groups excluding carboxylic acids is 2. The van der Waals surface area contributed by atoms with E-state index in [2.05, 4.69) is 56.1 Å². The summed E-state index contributed by atoms with van der Waals surface area (Å²) in [6.45, 7) is 9.90. The highest BCUT2D eigenvalue weighted by Gasteiger charge is 2.23. The van der Waals surface area contributed by atoms with Gasteiger partial charge < -0.3 is 14.8 Å². The summed E-state index contributed by atoms with van der Waals surface area (Å²) in [4.78, 5) is 33.7. The number of aromatic amines is 1. The molecule has 3 aromatic carbocycles. The number of aromatic nitrogens is 1. The zero-order chi connectivity index (χ0) is 28.0. The van der Waals surface area contributed by atoms with E-state index in [9.17, 15) is 14.0 Å². The molecule has 2 amide bonds. The minimum absolute atomic E-state index is 0.0298. The molecule has 1 aromatic heterocycles. The fraction of sp³-hybridized carbons (Fsp3) is 0.333. The third-order valence-corrected chi connectivity index (χ3v) is 7.07. The summed E-state index contributed by atoms with van der Waals surface area (Å²) < 4.78 is 13.4. The summed E-state index contributed by atoms with van der Waals surface area (Å²) in [5, 5.41) is 1.15. The van der Waals surface area contributed by atoms with Gasteiger partial charge in [-0.1, -0.05) is 70.2 Å². The van der Waals surface area contributed by atoms with Gasteiger partial charge >= 0.3 is 0 Å². The summed E-state index contributed by atoms with van der Waals surface area (Å²) in [6.07, 6.45) is 3.41. The first kappa shape index (κ1) is 28.1. The zero-order valence-corrected chi connectivity index (χ0v) is 23.3. The van der Waals surface area contributed by atoms with E-state index in [1.54, 1.807) is 4.90 Å². The summed E-state index contributed by atoms with van der Waals surface area (Å²) >= 11 is 0. The lowest BCUT2D eigenvalue weighted by atomic mass is 9.87. The molecule has 39 heavy (non-hydrogen) atoms. The Kier molecular flexibility index (Phi) is 8.85. The first-order valence-corrected chi connectivity index (χ1v) is 13.6. The van der Waals surface area contributed by atoms with E-state index in [1.807, 2.05) is 36.2 Å². The number of para-hydroxylation sites is 1. The van der Waals surface area contributed by atoms with Crippen molar-refractivity contribution in [3.05, 3.63) is 107 Å². The van der Waals surface area contributed by atoms with Crippen LogP contribution in [0.1, 0.15) is 61.2 Å². The van der Waals surface area contributed by atoms with Crippen molar-refractivity contribution in [3.63, 3.8) is 0 Å². The van der Waals surface area contributed by atoms with Crippen molar-refractivity contribution >= 4 is 22.7 Å². The van der Waals surface area contributed by atoms with E-state index in [0.717, 1.165) is 22.0 Å². The van der Waals surface area contributed by atoms with Crippen LogP contribution >= 0.6 is 0 Å². The van der Waals surface area contributed by atoms with E-state index in [4.69, 9.17) is 0 Å². The molecule has 6 heteroatoms.